The molecule has 0 bridgehead atoms. The number of hydrogen-bond donors (Lipinski definition) is 0. The summed E-state index contributed by atoms with van der Waals surface area (Å²) in [6, 6.07) is 15.1. The molecule has 0 aliphatic carbocycles. The van der Waals surface area contributed by atoms with Crippen molar-refractivity contribution in [1.82, 2.24) is 9.97 Å². The van der Waals surface area contributed by atoms with E-state index >= 15 is 0 Å². The van der Waals surface area contributed by atoms with E-state index in [0.717, 1.165) is 27.3 Å². The van der Waals surface area contributed by atoms with E-state index in [1.807, 2.05) is 55.5 Å². The number of nitrogens with zero attached hydrogens (tertiary/aromatic N) is 3. The second-order valence-electron chi connectivity index (χ2n) is 7.43. The number of thiazole rings is 1. The van der Waals surface area contributed by atoms with Crippen LogP contribution < -0.4 is 19.1 Å². The molecule has 0 radical (unpaired) electrons. The van der Waals surface area contributed by atoms with Crippen molar-refractivity contribution in [2.24, 2.45) is 0 Å². The summed E-state index contributed by atoms with van der Waals surface area (Å²) in [7, 11) is 4.85. The van der Waals surface area contributed by atoms with Crippen molar-refractivity contribution >= 4 is 32.6 Å². The Morgan fingerprint density at radius 3 is 2.36 bits per heavy atom. The molecule has 2 heterocycles. The van der Waals surface area contributed by atoms with E-state index in [2.05, 4.69) is 4.98 Å². The van der Waals surface area contributed by atoms with Gasteiger partial charge in [0.15, 0.2) is 5.13 Å². The number of ether oxygens (including phenoxy) is 3. The van der Waals surface area contributed by atoms with Gasteiger partial charge in [-0.25, -0.2) is 4.98 Å². The highest BCUT2D eigenvalue weighted by Gasteiger charge is 2.23. The Kier molecular flexibility index (Phi) is 6.74. The summed E-state index contributed by atoms with van der Waals surface area (Å²) in [6.07, 6.45) is 1.94. The smallest absolute Gasteiger partial charge is 0.233 e. The van der Waals surface area contributed by atoms with Crippen LogP contribution in [-0.2, 0) is 17.8 Å². The van der Waals surface area contributed by atoms with Crippen LogP contribution in [0.2, 0.25) is 0 Å². The van der Waals surface area contributed by atoms with Gasteiger partial charge in [-0.05, 0) is 48.4 Å². The molecule has 4 rings (SSSR count). The SMILES string of the molecule is COc1ccc(CC(=O)N(Cc2ccccn2)c2nc3c(OC)ccc(OC)c3s2)cc1C. The normalized spacial score (nSPS) is 10.8. The zero-order valence-corrected chi connectivity index (χ0v) is 19.8. The summed E-state index contributed by atoms with van der Waals surface area (Å²) in [4.78, 5) is 24.4. The van der Waals surface area contributed by atoms with Crippen LogP contribution in [0.15, 0.2) is 54.7 Å². The maximum atomic E-state index is 13.5. The van der Waals surface area contributed by atoms with Gasteiger partial charge in [0.2, 0.25) is 5.91 Å². The van der Waals surface area contributed by atoms with Crippen molar-refractivity contribution < 1.29 is 19.0 Å². The van der Waals surface area contributed by atoms with Crippen LogP contribution in [-0.4, -0.2) is 37.2 Å². The van der Waals surface area contributed by atoms with Gasteiger partial charge in [-0.15, -0.1) is 0 Å². The quantitative estimate of drug-likeness (QED) is 0.374. The highest BCUT2D eigenvalue weighted by atomic mass is 32.1. The third kappa shape index (κ3) is 4.75. The molecule has 8 heteroatoms. The van der Waals surface area contributed by atoms with E-state index in [0.29, 0.717) is 28.7 Å². The lowest BCUT2D eigenvalue weighted by molar-refractivity contribution is -0.118. The molecular weight excluding hydrogens is 438 g/mol. The van der Waals surface area contributed by atoms with E-state index in [1.165, 1.54) is 11.3 Å². The number of aromatic nitrogens is 2. The molecule has 0 fully saturated rings. The molecule has 0 N–H and O–H groups in total. The van der Waals surface area contributed by atoms with Crippen LogP contribution in [0.3, 0.4) is 0 Å². The number of pyridine rings is 1. The topological polar surface area (TPSA) is 73.8 Å². The van der Waals surface area contributed by atoms with Gasteiger partial charge < -0.3 is 14.2 Å². The number of benzene rings is 2. The van der Waals surface area contributed by atoms with Crippen molar-refractivity contribution in [2.45, 2.75) is 19.9 Å². The first-order valence-electron chi connectivity index (χ1n) is 10.4. The van der Waals surface area contributed by atoms with Crippen LogP contribution in [0.1, 0.15) is 16.8 Å². The first-order chi connectivity index (χ1) is 16.0. The van der Waals surface area contributed by atoms with Gasteiger partial charge in [-0.3, -0.25) is 14.7 Å². The van der Waals surface area contributed by atoms with E-state index in [9.17, 15) is 4.79 Å². The maximum absolute atomic E-state index is 13.5. The van der Waals surface area contributed by atoms with Gasteiger partial charge in [0, 0.05) is 6.20 Å². The first-order valence-corrected chi connectivity index (χ1v) is 11.2. The second-order valence-corrected chi connectivity index (χ2v) is 8.40. The summed E-state index contributed by atoms with van der Waals surface area (Å²) in [5, 5.41) is 0.564. The summed E-state index contributed by atoms with van der Waals surface area (Å²) in [5.74, 6) is 2.03. The Morgan fingerprint density at radius 2 is 1.70 bits per heavy atom. The van der Waals surface area contributed by atoms with Crippen LogP contribution in [0.4, 0.5) is 5.13 Å². The predicted molar refractivity (Wildman–Crippen MR) is 130 cm³/mol. The maximum Gasteiger partial charge on any atom is 0.233 e. The number of rotatable bonds is 8. The molecule has 0 aliphatic heterocycles. The summed E-state index contributed by atoms with van der Waals surface area (Å²) < 4.78 is 17.2. The van der Waals surface area contributed by atoms with E-state index in [-0.39, 0.29) is 12.3 Å². The van der Waals surface area contributed by atoms with Crippen molar-refractivity contribution in [3.05, 3.63) is 71.5 Å². The number of aryl methyl sites for hydroxylation is 1. The van der Waals surface area contributed by atoms with Gasteiger partial charge in [-0.2, -0.15) is 0 Å². The number of hydrogen-bond acceptors (Lipinski definition) is 7. The fourth-order valence-corrected chi connectivity index (χ4v) is 4.72. The predicted octanol–water partition coefficient (Wildman–Crippen LogP) is 4.80. The lowest BCUT2D eigenvalue weighted by Gasteiger charge is -2.20. The van der Waals surface area contributed by atoms with Crippen LogP contribution in [0.25, 0.3) is 10.2 Å². The highest BCUT2D eigenvalue weighted by Crippen LogP contribution is 2.40. The van der Waals surface area contributed by atoms with Gasteiger partial charge >= 0.3 is 0 Å². The summed E-state index contributed by atoms with van der Waals surface area (Å²) >= 11 is 1.39. The zero-order chi connectivity index (χ0) is 23.4. The fraction of sp³-hybridized carbons (Fsp3) is 0.240. The summed E-state index contributed by atoms with van der Waals surface area (Å²) in [5.41, 5.74) is 3.32. The Labute approximate surface area is 196 Å². The van der Waals surface area contributed by atoms with Crippen LogP contribution in [0, 0.1) is 6.92 Å². The molecule has 0 saturated heterocycles. The molecule has 0 saturated carbocycles. The summed E-state index contributed by atoms with van der Waals surface area (Å²) in [6.45, 7) is 2.27. The minimum atomic E-state index is -0.0813. The fourth-order valence-electron chi connectivity index (χ4n) is 3.63. The van der Waals surface area contributed by atoms with Crippen molar-refractivity contribution in [3.8, 4) is 17.2 Å². The Balaban J connectivity index is 1.73. The Bertz CT molecular complexity index is 1230. The standard InChI is InChI=1S/C25H25N3O4S/c1-16-13-17(8-9-19(16)30-2)14-22(29)28(15-18-7-5-6-12-26-18)25-27-23-20(31-3)10-11-21(32-4)24(23)33-25/h5-13H,14-15H2,1-4H3. The molecule has 4 aromatic rings. The van der Waals surface area contributed by atoms with Crippen molar-refractivity contribution in [3.63, 3.8) is 0 Å². The highest BCUT2D eigenvalue weighted by molar-refractivity contribution is 7.22. The van der Waals surface area contributed by atoms with E-state index in [4.69, 9.17) is 19.2 Å². The van der Waals surface area contributed by atoms with Gasteiger partial charge in [0.05, 0.1) is 40.0 Å². The second kappa shape index (κ2) is 9.87. The van der Waals surface area contributed by atoms with Crippen LogP contribution >= 0.6 is 11.3 Å². The largest absolute Gasteiger partial charge is 0.496 e. The number of methoxy groups -OCH3 is 3. The molecule has 2 aromatic heterocycles. The third-order valence-corrected chi connectivity index (χ3v) is 6.38. The molecule has 2 aromatic carbocycles. The van der Waals surface area contributed by atoms with Crippen molar-refractivity contribution in [1.29, 1.82) is 0 Å². The molecule has 7 nitrogen and oxygen atoms in total. The Hall–Kier alpha value is -3.65. The molecular formula is C25H25N3O4S. The number of carbonyl (C=O) groups excluding carboxylic acids is 1. The number of amides is 1. The molecule has 33 heavy (non-hydrogen) atoms. The van der Waals surface area contributed by atoms with Crippen molar-refractivity contribution in [2.75, 3.05) is 26.2 Å². The monoisotopic (exact) mass is 463 g/mol. The lowest BCUT2D eigenvalue weighted by Crippen LogP contribution is -2.32. The lowest BCUT2D eigenvalue weighted by atomic mass is 10.1. The molecule has 1 amide bonds. The van der Waals surface area contributed by atoms with Gasteiger partial charge in [-0.1, -0.05) is 29.5 Å². The number of fused-ring (bicyclic) bond motifs is 1. The molecule has 0 atom stereocenters. The minimum absolute atomic E-state index is 0.0813. The molecule has 0 spiro atoms. The number of anilines is 1. The average Bonchev–Trinajstić information content (AvgIpc) is 3.28. The third-order valence-electron chi connectivity index (χ3n) is 5.29. The van der Waals surface area contributed by atoms with Gasteiger partial charge in [0.1, 0.15) is 27.5 Å². The molecule has 0 aliphatic rings. The molecule has 0 unspecified atom stereocenters. The van der Waals surface area contributed by atoms with E-state index < -0.39 is 0 Å². The zero-order valence-electron chi connectivity index (χ0n) is 19.0. The minimum Gasteiger partial charge on any atom is -0.496 e. The average molecular weight is 464 g/mol. The van der Waals surface area contributed by atoms with Crippen LogP contribution in [0.5, 0.6) is 17.2 Å². The first kappa shape index (κ1) is 22.5. The van der Waals surface area contributed by atoms with Gasteiger partial charge in [0.25, 0.3) is 0 Å². The van der Waals surface area contributed by atoms with E-state index in [1.54, 1.807) is 32.4 Å². The Morgan fingerprint density at radius 1 is 0.970 bits per heavy atom. The number of carbonyl (C=O) groups is 1. The molecule has 170 valence electrons.